The van der Waals surface area contributed by atoms with Gasteiger partial charge in [0, 0.05) is 48.4 Å². The van der Waals surface area contributed by atoms with E-state index in [0.717, 1.165) is 6.08 Å². The Morgan fingerprint density at radius 1 is 1.50 bits per heavy atom. The van der Waals surface area contributed by atoms with Crippen molar-refractivity contribution in [3.63, 3.8) is 0 Å². The summed E-state index contributed by atoms with van der Waals surface area (Å²) in [6, 6.07) is 0. The summed E-state index contributed by atoms with van der Waals surface area (Å²) in [6.07, 6.45) is 0.763. The van der Waals surface area contributed by atoms with Crippen LogP contribution in [-0.2, 0) is 14.0 Å². The maximum atomic E-state index is 9.57. The molecule has 0 radical (unpaired) electrons. The number of nitrogens with zero attached hydrogens (tertiary/aromatic N) is 1. The number of hydrogen-bond acceptors (Lipinski definition) is 3. The Morgan fingerprint density at radius 3 is 1.88 bits per heavy atom. The number of isocyanates is 1. The Labute approximate surface area is 80.5 Å². The minimum atomic E-state index is -4.00. The average molecular weight is 181 g/mol. The molecule has 0 aliphatic heterocycles. The van der Waals surface area contributed by atoms with Crippen molar-refractivity contribution in [2.75, 3.05) is 0 Å². The van der Waals surface area contributed by atoms with Crippen molar-refractivity contribution in [1.29, 1.82) is 0 Å². The molecule has 0 saturated heterocycles. The molecular formula is CArClNO3S. The summed E-state index contributed by atoms with van der Waals surface area (Å²) in [5.41, 5.74) is 0. The van der Waals surface area contributed by atoms with E-state index in [4.69, 9.17) is 4.79 Å². The van der Waals surface area contributed by atoms with Gasteiger partial charge >= 0.3 is 9.24 Å². The molecule has 0 spiro atoms. The Balaban J connectivity index is 0. The third-order valence-corrected chi connectivity index (χ3v) is 0.646. The molecular weight excluding hydrogens is 181 g/mol. The molecule has 4 nitrogen and oxygen atoms in total. The van der Waals surface area contributed by atoms with Crippen LogP contribution in [0.15, 0.2) is 4.40 Å². The third-order valence-electron chi connectivity index (χ3n) is 0.146. The Hall–Kier alpha value is 0.880. The second-order valence-electron chi connectivity index (χ2n) is 0.595. The Kier molecular flexibility index (Phi) is 6.89. The van der Waals surface area contributed by atoms with Crippen molar-refractivity contribution in [3.8, 4) is 0 Å². The van der Waals surface area contributed by atoms with Gasteiger partial charge in [-0.25, -0.2) is 4.79 Å². The largest absolute Gasteiger partial charge is 0.350 e. The van der Waals surface area contributed by atoms with E-state index < -0.39 is 9.24 Å². The van der Waals surface area contributed by atoms with Gasteiger partial charge in [-0.1, -0.05) is 4.40 Å². The monoisotopic (exact) mass is 181 g/mol. The zero-order valence-electron chi connectivity index (χ0n) is 3.31. The van der Waals surface area contributed by atoms with Gasteiger partial charge in [0.1, 0.15) is 0 Å². The fraction of sp³-hybridized carbons (Fsp3) is 0. The third kappa shape index (κ3) is 9.99. The van der Waals surface area contributed by atoms with E-state index in [2.05, 4.69) is 15.1 Å². The molecule has 0 unspecified atom stereocenters. The van der Waals surface area contributed by atoms with Crippen molar-refractivity contribution in [2.24, 2.45) is 4.40 Å². The minimum Gasteiger partial charge on any atom is -0.210 e. The molecule has 0 aliphatic rings. The number of rotatable bonds is 1. The van der Waals surface area contributed by atoms with Gasteiger partial charge < -0.3 is 0 Å². The predicted octanol–water partition coefficient (Wildman–Crippen LogP) is -0.194. The molecule has 0 aromatic carbocycles. The first kappa shape index (κ1) is 11.6. The molecule has 8 heavy (non-hydrogen) atoms. The van der Waals surface area contributed by atoms with Crippen molar-refractivity contribution in [1.82, 2.24) is 0 Å². The van der Waals surface area contributed by atoms with E-state index in [0.29, 0.717) is 0 Å². The van der Waals surface area contributed by atoms with Gasteiger partial charge in [-0.15, -0.1) is 0 Å². The molecule has 0 aliphatic carbocycles. The quantitative estimate of drug-likeness (QED) is 0.320. The van der Waals surface area contributed by atoms with Crippen LogP contribution in [0.1, 0.15) is 0 Å². The number of hydrogen-bond donors (Lipinski definition) is 0. The van der Waals surface area contributed by atoms with Gasteiger partial charge in [0.2, 0.25) is 0 Å². The number of carbonyl (C=O) groups excluding carboxylic acids is 1. The molecule has 0 bridgehead atoms. The van der Waals surface area contributed by atoms with Crippen LogP contribution in [-0.4, -0.2) is 14.5 Å². The van der Waals surface area contributed by atoms with Crippen molar-refractivity contribution >= 4 is 26.0 Å². The number of halogens is 1. The molecule has 48 valence electrons. The standard InChI is InChI=1S/CClNO3S.Ar/c2-7(5,6)3-1-4;. The maximum absolute atomic E-state index is 9.57. The second kappa shape index (κ2) is 4.73. The van der Waals surface area contributed by atoms with E-state index in [9.17, 15) is 8.42 Å². The summed E-state index contributed by atoms with van der Waals surface area (Å²) in [4.78, 5) is 9.07. The minimum absolute atomic E-state index is 0. The normalized spacial score (nSPS) is 8.62. The molecule has 0 aromatic rings. The van der Waals surface area contributed by atoms with E-state index in [1.165, 1.54) is 0 Å². The fourth-order valence-corrected chi connectivity index (χ4v) is 0.218. The van der Waals surface area contributed by atoms with Gasteiger partial charge in [0.25, 0.3) is 6.08 Å². The van der Waals surface area contributed by atoms with Crippen LogP contribution < -0.4 is 0 Å². The topological polar surface area (TPSA) is 63.6 Å². The fourth-order valence-electron chi connectivity index (χ4n) is 0.0445. The maximum Gasteiger partial charge on any atom is 0.350 e. The summed E-state index contributed by atoms with van der Waals surface area (Å²) in [7, 11) is 0.376. The molecule has 0 amide bonds. The Morgan fingerprint density at radius 2 is 1.88 bits per heavy atom. The molecule has 0 fully saturated rings. The van der Waals surface area contributed by atoms with Crippen LogP contribution in [0.4, 0.5) is 0 Å². The molecule has 0 atom stereocenters. The van der Waals surface area contributed by atoms with Crippen LogP contribution in [0.5, 0.6) is 0 Å². The summed E-state index contributed by atoms with van der Waals surface area (Å²) in [5, 5.41) is 0. The average Bonchev–Trinajstić information content (AvgIpc) is 1.30. The van der Waals surface area contributed by atoms with E-state index >= 15 is 0 Å². The zero-order valence-corrected chi connectivity index (χ0v) is 5.59. The van der Waals surface area contributed by atoms with Crippen molar-refractivity contribution in [2.45, 2.75) is 0 Å². The van der Waals surface area contributed by atoms with E-state index in [-0.39, 0.29) is 37.7 Å². The molecule has 0 heterocycles. The van der Waals surface area contributed by atoms with Crippen LogP contribution >= 0.6 is 10.7 Å². The SMILES string of the molecule is O=C=NS(=O)(=O)Cl.[Ar]. The summed E-state index contributed by atoms with van der Waals surface area (Å²) in [5.74, 6) is 0. The van der Waals surface area contributed by atoms with Gasteiger partial charge in [0.15, 0.2) is 0 Å². The molecule has 0 N–H and O–H groups in total. The Bertz CT molecular complexity index is 191. The molecule has 0 saturated carbocycles. The van der Waals surface area contributed by atoms with E-state index in [1.807, 2.05) is 0 Å². The van der Waals surface area contributed by atoms with E-state index in [1.54, 1.807) is 0 Å². The van der Waals surface area contributed by atoms with Gasteiger partial charge in [-0.2, -0.15) is 8.42 Å². The summed E-state index contributed by atoms with van der Waals surface area (Å²) >= 11 is 0. The zero-order chi connectivity index (χ0) is 5.91. The van der Waals surface area contributed by atoms with Gasteiger partial charge in [-0.05, 0) is 0 Å². The van der Waals surface area contributed by atoms with Crippen LogP contribution in [0.3, 0.4) is 0 Å². The summed E-state index contributed by atoms with van der Waals surface area (Å²) in [6.45, 7) is 0. The first-order valence-corrected chi connectivity index (χ1v) is 3.36. The predicted molar refractivity (Wildman–Crippen MR) is 22.9 cm³/mol. The van der Waals surface area contributed by atoms with Crippen molar-refractivity contribution in [3.05, 3.63) is 0 Å². The van der Waals surface area contributed by atoms with Crippen LogP contribution in [0, 0.1) is 37.7 Å². The molecule has 7 heteroatoms. The van der Waals surface area contributed by atoms with Crippen LogP contribution in [0.2, 0.25) is 0 Å². The first-order valence-electron chi connectivity index (χ1n) is 1.10. The molecule has 0 rings (SSSR count). The van der Waals surface area contributed by atoms with Gasteiger partial charge in [-0.3, -0.25) is 0 Å². The molecule has 0 aromatic heterocycles. The smallest absolute Gasteiger partial charge is 0.210 e. The second-order valence-corrected chi connectivity index (χ2v) is 2.77. The van der Waals surface area contributed by atoms with Crippen molar-refractivity contribution < 1.29 is 51.0 Å². The summed E-state index contributed by atoms with van der Waals surface area (Å²) < 4.78 is 21.3. The van der Waals surface area contributed by atoms with Gasteiger partial charge in [0.05, 0.1) is 0 Å². The first-order chi connectivity index (χ1) is 3.06. The van der Waals surface area contributed by atoms with Crippen LogP contribution in [0.25, 0.3) is 0 Å².